The molecule has 0 aliphatic rings. The molecule has 0 aliphatic carbocycles. The van der Waals surface area contributed by atoms with E-state index in [4.69, 9.17) is 4.89 Å². The summed E-state index contributed by atoms with van der Waals surface area (Å²) in [5, 5.41) is 0. The summed E-state index contributed by atoms with van der Waals surface area (Å²) in [7, 11) is -2.59. The predicted molar refractivity (Wildman–Crippen MR) is 62.3 cm³/mol. The van der Waals surface area contributed by atoms with Gasteiger partial charge >= 0.3 is 8.25 Å². The molecule has 3 nitrogen and oxygen atoms in total. The summed E-state index contributed by atoms with van der Waals surface area (Å²) >= 11 is 0. The van der Waals surface area contributed by atoms with Crippen molar-refractivity contribution >= 4 is 8.25 Å². The third-order valence-electron chi connectivity index (χ3n) is 2.14. The van der Waals surface area contributed by atoms with Gasteiger partial charge in [0.1, 0.15) is 0 Å². The highest BCUT2D eigenvalue weighted by Crippen LogP contribution is 2.26. The Hall–Kier alpha value is -1.70. The second-order valence-corrected chi connectivity index (χ2v) is 3.88. The van der Waals surface area contributed by atoms with Crippen molar-refractivity contribution in [2.24, 2.45) is 0 Å². The van der Waals surface area contributed by atoms with Crippen molar-refractivity contribution in [1.82, 2.24) is 0 Å². The van der Waals surface area contributed by atoms with E-state index in [9.17, 15) is 4.57 Å². The van der Waals surface area contributed by atoms with Crippen molar-refractivity contribution in [2.45, 2.75) is 0 Å². The maximum absolute atomic E-state index is 10.4. The molecule has 0 aromatic heterocycles. The minimum Gasteiger partial charge on any atom is -0.229 e. The molecule has 2 aromatic rings. The molecule has 80 valence electrons. The van der Waals surface area contributed by atoms with E-state index in [1.54, 1.807) is 12.1 Å². The van der Waals surface area contributed by atoms with Gasteiger partial charge in [0, 0.05) is 4.57 Å². The number of benzene rings is 2. The SMILES string of the molecule is O=[P+](O)Oc1ccc(-c2ccccc2)cc1. The van der Waals surface area contributed by atoms with Crippen LogP contribution >= 0.6 is 8.25 Å². The Kier molecular flexibility index (Phi) is 3.30. The van der Waals surface area contributed by atoms with Gasteiger partial charge in [-0.05, 0) is 23.3 Å². The first-order chi connectivity index (χ1) is 7.75. The van der Waals surface area contributed by atoms with Crippen LogP contribution in [-0.2, 0) is 4.57 Å². The Balaban J connectivity index is 2.23. The van der Waals surface area contributed by atoms with Gasteiger partial charge in [0.05, 0.1) is 0 Å². The van der Waals surface area contributed by atoms with Crippen LogP contribution < -0.4 is 4.52 Å². The second-order valence-electron chi connectivity index (χ2n) is 3.22. The van der Waals surface area contributed by atoms with Gasteiger partial charge in [-0.3, -0.25) is 0 Å². The molecular formula is C12H10O3P+. The molecule has 0 bridgehead atoms. The largest absolute Gasteiger partial charge is 0.747 e. The van der Waals surface area contributed by atoms with Crippen LogP contribution in [0.4, 0.5) is 0 Å². The van der Waals surface area contributed by atoms with Gasteiger partial charge in [0.25, 0.3) is 0 Å². The molecule has 1 unspecified atom stereocenters. The number of rotatable bonds is 3. The Morgan fingerprint density at radius 3 is 2.00 bits per heavy atom. The zero-order chi connectivity index (χ0) is 11.4. The van der Waals surface area contributed by atoms with E-state index in [0.29, 0.717) is 5.75 Å². The van der Waals surface area contributed by atoms with Crippen molar-refractivity contribution in [1.29, 1.82) is 0 Å². The molecule has 0 saturated carbocycles. The quantitative estimate of drug-likeness (QED) is 0.826. The van der Waals surface area contributed by atoms with Crippen LogP contribution in [-0.4, -0.2) is 4.89 Å². The summed E-state index contributed by atoms with van der Waals surface area (Å²) in [5.41, 5.74) is 2.14. The summed E-state index contributed by atoms with van der Waals surface area (Å²) in [6, 6.07) is 16.9. The first-order valence-electron chi connectivity index (χ1n) is 4.75. The average molecular weight is 233 g/mol. The van der Waals surface area contributed by atoms with Crippen LogP contribution in [0.1, 0.15) is 0 Å². The molecule has 0 fully saturated rings. The van der Waals surface area contributed by atoms with Crippen LogP contribution in [0.5, 0.6) is 5.75 Å². The molecule has 0 aliphatic heterocycles. The molecule has 0 saturated heterocycles. The van der Waals surface area contributed by atoms with E-state index >= 15 is 0 Å². The average Bonchev–Trinajstić information content (AvgIpc) is 2.30. The van der Waals surface area contributed by atoms with Gasteiger partial charge in [-0.2, -0.15) is 0 Å². The molecule has 2 rings (SSSR count). The first kappa shape index (κ1) is 10.8. The third kappa shape index (κ3) is 2.66. The Bertz CT molecular complexity index is 479. The summed E-state index contributed by atoms with van der Waals surface area (Å²) in [5.74, 6) is 0.392. The van der Waals surface area contributed by atoms with Gasteiger partial charge in [-0.1, -0.05) is 42.5 Å². The molecule has 1 N–H and O–H groups in total. The number of hydrogen-bond acceptors (Lipinski definition) is 2. The van der Waals surface area contributed by atoms with Gasteiger partial charge in [0.2, 0.25) is 0 Å². The molecule has 1 atom stereocenters. The van der Waals surface area contributed by atoms with Gasteiger partial charge in [0.15, 0.2) is 5.75 Å². The smallest absolute Gasteiger partial charge is 0.229 e. The van der Waals surface area contributed by atoms with Crippen LogP contribution in [0.3, 0.4) is 0 Å². The van der Waals surface area contributed by atoms with E-state index < -0.39 is 8.25 Å². The van der Waals surface area contributed by atoms with Crippen LogP contribution in [0.2, 0.25) is 0 Å². The third-order valence-corrected chi connectivity index (χ3v) is 2.51. The topological polar surface area (TPSA) is 46.5 Å². The lowest BCUT2D eigenvalue weighted by molar-refractivity contribution is 0.410. The normalized spacial score (nSPS) is 10.9. The highest BCUT2D eigenvalue weighted by molar-refractivity contribution is 7.32. The lowest BCUT2D eigenvalue weighted by Gasteiger charge is -2.00. The van der Waals surface area contributed by atoms with Crippen molar-refractivity contribution in [2.75, 3.05) is 0 Å². The Labute approximate surface area is 94.3 Å². The monoisotopic (exact) mass is 233 g/mol. The van der Waals surface area contributed by atoms with Crippen LogP contribution in [0, 0.1) is 0 Å². The van der Waals surface area contributed by atoms with E-state index in [-0.39, 0.29) is 0 Å². The van der Waals surface area contributed by atoms with Crippen molar-refractivity contribution in [3.05, 3.63) is 54.6 Å². The maximum Gasteiger partial charge on any atom is 0.747 e. The van der Waals surface area contributed by atoms with Crippen molar-refractivity contribution in [3.8, 4) is 16.9 Å². The van der Waals surface area contributed by atoms with Crippen molar-refractivity contribution < 1.29 is 14.0 Å². The fraction of sp³-hybridized carbons (Fsp3) is 0. The van der Waals surface area contributed by atoms with Gasteiger partial charge in [-0.25, -0.2) is 4.52 Å². The summed E-state index contributed by atoms with van der Waals surface area (Å²) < 4.78 is 15.1. The maximum atomic E-state index is 10.4. The van der Waals surface area contributed by atoms with E-state index in [1.807, 2.05) is 42.5 Å². The van der Waals surface area contributed by atoms with Crippen LogP contribution in [0.15, 0.2) is 54.6 Å². The van der Waals surface area contributed by atoms with Gasteiger partial charge in [-0.15, -0.1) is 4.89 Å². The summed E-state index contributed by atoms with van der Waals surface area (Å²) in [6.45, 7) is 0. The standard InChI is InChI=1S/C12H9O3P/c13-16(14)15-12-8-6-11(7-9-12)10-4-2-1-3-5-10/h1-9H/p+1. The molecule has 2 aromatic carbocycles. The van der Waals surface area contributed by atoms with E-state index in [0.717, 1.165) is 11.1 Å². The molecular weight excluding hydrogens is 223 g/mol. The van der Waals surface area contributed by atoms with E-state index in [1.165, 1.54) is 0 Å². The minimum absolute atomic E-state index is 0.392. The highest BCUT2D eigenvalue weighted by atomic mass is 31.1. The molecule has 4 heteroatoms. The fourth-order valence-corrected chi connectivity index (χ4v) is 1.73. The van der Waals surface area contributed by atoms with E-state index in [2.05, 4.69) is 4.52 Å². The second kappa shape index (κ2) is 4.88. The molecule has 0 amide bonds. The lowest BCUT2D eigenvalue weighted by Crippen LogP contribution is -1.81. The minimum atomic E-state index is -2.59. The molecule has 16 heavy (non-hydrogen) atoms. The molecule has 0 heterocycles. The summed E-state index contributed by atoms with van der Waals surface area (Å²) in [4.78, 5) is 8.58. The van der Waals surface area contributed by atoms with Gasteiger partial charge < -0.3 is 0 Å². The van der Waals surface area contributed by atoms with Crippen LogP contribution in [0.25, 0.3) is 11.1 Å². The fourth-order valence-electron chi connectivity index (χ4n) is 1.43. The molecule has 0 radical (unpaired) electrons. The Morgan fingerprint density at radius 1 is 0.875 bits per heavy atom. The zero-order valence-corrected chi connectivity index (χ0v) is 9.30. The first-order valence-corrected chi connectivity index (χ1v) is 5.88. The molecule has 0 spiro atoms. The highest BCUT2D eigenvalue weighted by Gasteiger charge is 2.13. The lowest BCUT2D eigenvalue weighted by atomic mass is 10.1. The Morgan fingerprint density at radius 2 is 1.44 bits per heavy atom. The summed E-state index contributed by atoms with van der Waals surface area (Å²) in [6.07, 6.45) is 0. The zero-order valence-electron chi connectivity index (χ0n) is 8.41. The predicted octanol–water partition coefficient (Wildman–Crippen LogP) is 3.38. The van der Waals surface area contributed by atoms with Crippen molar-refractivity contribution in [3.63, 3.8) is 0 Å². The number of hydrogen-bond donors (Lipinski definition) is 1.